The molecule has 1 aliphatic rings. The van der Waals surface area contributed by atoms with E-state index in [1.54, 1.807) is 9.80 Å². The average molecular weight is 380 g/mol. The Morgan fingerprint density at radius 2 is 1.85 bits per heavy atom. The minimum atomic E-state index is -0.232. The number of aryl methyl sites for hydroxylation is 2. The Morgan fingerprint density at radius 3 is 2.63 bits per heavy atom. The lowest BCUT2D eigenvalue weighted by Crippen LogP contribution is -2.37. The highest BCUT2D eigenvalue weighted by atomic mass is 32.1. The van der Waals surface area contributed by atoms with Gasteiger partial charge in [0.25, 0.3) is 0 Å². The van der Waals surface area contributed by atoms with Crippen LogP contribution in [0.1, 0.15) is 11.1 Å². The van der Waals surface area contributed by atoms with Gasteiger partial charge in [0.2, 0.25) is 5.91 Å². The summed E-state index contributed by atoms with van der Waals surface area (Å²) in [4.78, 5) is 32.7. The highest BCUT2D eigenvalue weighted by Gasteiger charge is 2.30. The van der Waals surface area contributed by atoms with Crippen molar-refractivity contribution >= 4 is 44.3 Å². The molecular formula is C20H20N4O2S. The minimum absolute atomic E-state index is 0.0240. The molecule has 1 aromatic heterocycles. The van der Waals surface area contributed by atoms with E-state index < -0.39 is 0 Å². The second kappa shape index (κ2) is 7.00. The largest absolute Gasteiger partial charge is 0.325 e. The maximum absolute atomic E-state index is 12.6. The lowest BCUT2D eigenvalue weighted by molar-refractivity contribution is -0.116. The van der Waals surface area contributed by atoms with Gasteiger partial charge in [-0.3, -0.25) is 9.69 Å². The van der Waals surface area contributed by atoms with Gasteiger partial charge in [-0.05, 0) is 43.7 Å². The molecule has 3 amide bonds. The molecular weight excluding hydrogens is 360 g/mol. The van der Waals surface area contributed by atoms with E-state index in [-0.39, 0.29) is 18.5 Å². The molecule has 4 rings (SSSR count). The van der Waals surface area contributed by atoms with Gasteiger partial charge in [0.1, 0.15) is 6.54 Å². The van der Waals surface area contributed by atoms with Crippen molar-refractivity contribution in [1.29, 1.82) is 0 Å². The maximum atomic E-state index is 12.6. The highest BCUT2D eigenvalue weighted by molar-refractivity contribution is 7.22. The topological polar surface area (TPSA) is 65.5 Å². The average Bonchev–Trinajstić information content (AvgIpc) is 3.19. The number of nitrogens with zero attached hydrogens (tertiary/aromatic N) is 3. The third-order valence-electron chi connectivity index (χ3n) is 4.57. The molecule has 0 saturated carbocycles. The van der Waals surface area contributed by atoms with Crippen molar-refractivity contribution < 1.29 is 9.59 Å². The zero-order valence-corrected chi connectivity index (χ0v) is 16.0. The first-order valence-corrected chi connectivity index (χ1v) is 9.61. The Morgan fingerprint density at radius 1 is 1.11 bits per heavy atom. The molecule has 3 aromatic rings. The third-order valence-corrected chi connectivity index (χ3v) is 5.50. The number of carbonyl (C=O) groups is 2. The third kappa shape index (κ3) is 3.64. The second-order valence-electron chi connectivity index (χ2n) is 6.73. The van der Waals surface area contributed by atoms with Gasteiger partial charge in [-0.2, -0.15) is 0 Å². The normalized spacial score (nSPS) is 14.2. The number of anilines is 2. The number of rotatable bonds is 4. The van der Waals surface area contributed by atoms with E-state index in [2.05, 4.69) is 10.3 Å². The molecule has 0 aliphatic carbocycles. The number of hydrogen-bond donors (Lipinski definition) is 1. The van der Waals surface area contributed by atoms with Crippen LogP contribution in [-0.2, 0) is 4.79 Å². The van der Waals surface area contributed by atoms with Gasteiger partial charge in [-0.1, -0.05) is 35.1 Å². The molecule has 138 valence electrons. The minimum Gasteiger partial charge on any atom is -0.313 e. The molecule has 0 radical (unpaired) electrons. The van der Waals surface area contributed by atoms with E-state index >= 15 is 0 Å². The summed E-state index contributed by atoms with van der Waals surface area (Å²) in [5.74, 6) is -0.232. The number of nitrogens with one attached hydrogen (secondary N) is 1. The van der Waals surface area contributed by atoms with Crippen molar-refractivity contribution in [3.63, 3.8) is 0 Å². The lowest BCUT2D eigenvalue weighted by Gasteiger charge is -2.18. The Hall–Kier alpha value is -2.93. The van der Waals surface area contributed by atoms with Gasteiger partial charge >= 0.3 is 6.03 Å². The van der Waals surface area contributed by atoms with Crippen LogP contribution in [0.25, 0.3) is 10.2 Å². The van der Waals surface area contributed by atoms with Gasteiger partial charge in [-0.25, -0.2) is 9.78 Å². The van der Waals surface area contributed by atoms with Gasteiger partial charge in [-0.15, -0.1) is 0 Å². The predicted molar refractivity (Wildman–Crippen MR) is 108 cm³/mol. The first-order chi connectivity index (χ1) is 13.0. The summed E-state index contributed by atoms with van der Waals surface area (Å²) >= 11 is 1.44. The predicted octanol–water partition coefficient (Wildman–Crippen LogP) is 3.79. The fourth-order valence-electron chi connectivity index (χ4n) is 3.11. The highest BCUT2D eigenvalue weighted by Crippen LogP contribution is 2.27. The number of thiazole rings is 1. The number of benzene rings is 2. The van der Waals surface area contributed by atoms with Gasteiger partial charge in [0.05, 0.1) is 10.2 Å². The molecule has 6 nitrogen and oxygen atoms in total. The fourth-order valence-corrected chi connectivity index (χ4v) is 4.09. The number of aromatic nitrogens is 1. The first-order valence-electron chi connectivity index (χ1n) is 8.80. The Kier molecular flexibility index (Phi) is 4.53. The van der Waals surface area contributed by atoms with Crippen molar-refractivity contribution in [2.24, 2.45) is 0 Å². The number of urea groups is 1. The van der Waals surface area contributed by atoms with Crippen molar-refractivity contribution in [3.8, 4) is 0 Å². The summed E-state index contributed by atoms with van der Waals surface area (Å²) in [5, 5.41) is 3.37. The van der Waals surface area contributed by atoms with Crippen LogP contribution in [0.5, 0.6) is 0 Å². The molecule has 1 N–H and O–H groups in total. The molecule has 0 bridgehead atoms. The Balaban J connectivity index is 1.40. The van der Waals surface area contributed by atoms with E-state index in [1.165, 1.54) is 11.3 Å². The molecule has 2 heterocycles. The lowest BCUT2D eigenvalue weighted by atomic mass is 10.2. The summed E-state index contributed by atoms with van der Waals surface area (Å²) in [5.41, 5.74) is 4.02. The molecule has 27 heavy (non-hydrogen) atoms. The van der Waals surface area contributed by atoms with Gasteiger partial charge < -0.3 is 10.2 Å². The van der Waals surface area contributed by atoms with Crippen LogP contribution in [0.2, 0.25) is 0 Å². The van der Waals surface area contributed by atoms with Crippen LogP contribution in [0.15, 0.2) is 42.5 Å². The zero-order chi connectivity index (χ0) is 19.0. The van der Waals surface area contributed by atoms with E-state index in [0.717, 1.165) is 27.0 Å². The second-order valence-corrected chi connectivity index (χ2v) is 7.76. The van der Waals surface area contributed by atoms with Crippen LogP contribution in [0.3, 0.4) is 0 Å². The van der Waals surface area contributed by atoms with Crippen molar-refractivity contribution in [3.05, 3.63) is 53.6 Å². The van der Waals surface area contributed by atoms with E-state index in [4.69, 9.17) is 0 Å². The molecule has 0 unspecified atom stereocenters. The van der Waals surface area contributed by atoms with Crippen LogP contribution in [0.4, 0.5) is 15.6 Å². The molecule has 1 saturated heterocycles. The smallest absolute Gasteiger partial charge is 0.313 e. The summed E-state index contributed by atoms with van der Waals surface area (Å²) in [6.45, 7) is 5.16. The van der Waals surface area contributed by atoms with E-state index in [1.807, 2.05) is 56.3 Å². The number of fused-ring (bicyclic) bond motifs is 1. The van der Waals surface area contributed by atoms with Crippen LogP contribution >= 0.6 is 11.3 Å². The van der Waals surface area contributed by atoms with E-state index in [0.29, 0.717) is 18.2 Å². The summed E-state index contributed by atoms with van der Waals surface area (Å²) in [6, 6.07) is 13.7. The first kappa shape index (κ1) is 17.5. The molecule has 1 aliphatic heterocycles. The van der Waals surface area contributed by atoms with Crippen LogP contribution in [-0.4, -0.2) is 41.5 Å². The quantitative estimate of drug-likeness (QED) is 0.749. The van der Waals surface area contributed by atoms with Gasteiger partial charge in [0, 0.05) is 18.8 Å². The fraction of sp³-hybridized carbons (Fsp3) is 0.250. The summed E-state index contributed by atoms with van der Waals surface area (Å²) in [7, 11) is 0. The van der Waals surface area contributed by atoms with E-state index in [9.17, 15) is 9.59 Å². The number of amides is 3. The Labute approximate surface area is 161 Å². The molecule has 0 atom stereocenters. The van der Waals surface area contributed by atoms with Crippen LogP contribution < -0.4 is 10.2 Å². The summed E-state index contributed by atoms with van der Waals surface area (Å²) in [6.07, 6.45) is 0. The molecule has 2 aromatic carbocycles. The number of hydrogen-bond acceptors (Lipinski definition) is 4. The maximum Gasteiger partial charge on any atom is 0.325 e. The standard InChI is InChI=1S/C20H20N4O2S/c1-13-3-6-15(7-4-13)24-10-9-23(20(24)26)12-18(25)22-19-21-16-8-5-14(2)11-17(16)27-19/h3-8,11H,9-10,12H2,1-2H3,(H,21,22,25). The Bertz CT molecular complexity index is 1010. The van der Waals surface area contributed by atoms with Gasteiger partial charge in [0.15, 0.2) is 5.13 Å². The molecule has 0 spiro atoms. The zero-order valence-electron chi connectivity index (χ0n) is 15.2. The van der Waals surface area contributed by atoms with Crippen LogP contribution in [0, 0.1) is 13.8 Å². The van der Waals surface area contributed by atoms with Crippen molar-refractivity contribution in [2.45, 2.75) is 13.8 Å². The van der Waals surface area contributed by atoms with Crippen molar-refractivity contribution in [2.75, 3.05) is 29.9 Å². The summed E-state index contributed by atoms with van der Waals surface area (Å²) < 4.78 is 1.04. The monoisotopic (exact) mass is 380 g/mol. The molecule has 7 heteroatoms. The SMILES string of the molecule is Cc1ccc(N2CCN(CC(=O)Nc3nc4ccc(C)cc4s3)C2=O)cc1. The molecule has 1 fully saturated rings. The van der Waals surface area contributed by atoms with Crippen molar-refractivity contribution in [1.82, 2.24) is 9.88 Å². The number of carbonyl (C=O) groups excluding carboxylic acids is 2.